The molecule has 1 heterocycles. The van der Waals surface area contributed by atoms with Crippen LogP contribution in [0.25, 0.3) is 0 Å². The van der Waals surface area contributed by atoms with Crippen molar-refractivity contribution in [1.82, 2.24) is 14.8 Å². The van der Waals surface area contributed by atoms with Gasteiger partial charge in [-0.05, 0) is 25.0 Å². The van der Waals surface area contributed by atoms with Crippen LogP contribution in [0.2, 0.25) is 5.02 Å². The number of anilines is 1. The predicted octanol–water partition coefficient (Wildman–Crippen LogP) is 3.00. The third kappa shape index (κ3) is 3.13. The van der Waals surface area contributed by atoms with Crippen LogP contribution in [0.15, 0.2) is 35.7 Å². The molecule has 1 aliphatic carbocycles. The van der Waals surface area contributed by atoms with Crippen molar-refractivity contribution in [3.8, 4) is 0 Å². The van der Waals surface area contributed by atoms with Gasteiger partial charge in [0.2, 0.25) is 5.91 Å². The average Bonchev–Trinajstić information content (AvgIpc) is 3.18. The van der Waals surface area contributed by atoms with E-state index in [4.69, 9.17) is 11.6 Å². The van der Waals surface area contributed by atoms with Crippen molar-refractivity contribution in [2.24, 2.45) is 0 Å². The Morgan fingerprint density at radius 2 is 2.25 bits per heavy atom. The Morgan fingerprint density at radius 3 is 3.00 bits per heavy atom. The lowest BCUT2D eigenvalue weighted by atomic mass is 10.3. The summed E-state index contributed by atoms with van der Waals surface area (Å²) in [6.45, 7) is 0. The smallest absolute Gasteiger partial charge is 0.234 e. The van der Waals surface area contributed by atoms with E-state index >= 15 is 0 Å². The molecular formula is C13H13ClN4OS. The normalized spacial score (nSPS) is 14.2. The maximum Gasteiger partial charge on any atom is 0.234 e. The van der Waals surface area contributed by atoms with Gasteiger partial charge in [0.15, 0.2) is 5.16 Å². The Hall–Kier alpha value is -1.53. The molecule has 0 spiro atoms. The van der Waals surface area contributed by atoms with Crippen molar-refractivity contribution in [1.29, 1.82) is 0 Å². The van der Waals surface area contributed by atoms with Crippen molar-refractivity contribution in [3.63, 3.8) is 0 Å². The number of aromatic nitrogens is 3. The lowest BCUT2D eigenvalue weighted by molar-refractivity contribution is -0.113. The molecule has 0 unspecified atom stereocenters. The molecule has 0 radical (unpaired) electrons. The maximum atomic E-state index is 11.9. The minimum absolute atomic E-state index is 0.103. The van der Waals surface area contributed by atoms with Crippen LogP contribution in [0.4, 0.5) is 5.69 Å². The van der Waals surface area contributed by atoms with Crippen LogP contribution in [0.1, 0.15) is 18.9 Å². The lowest BCUT2D eigenvalue weighted by Crippen LogP contribution is -2.14. The Kier molecular flexibility index (Phi) is 3.93. The van der Waals surface area contributed by atoms with E-state index in [1.165, 1.54) is 11.8 Å². The highest BCUT2D eigenvalue weighted by molar-refractivity contribution is 7.99. The predicted molar refractivity (Wildman–Crippen MR) is 79.1 cm³/mol. The molecule has 0 aliphatic heterocycles. The number of hydrogen-bond acceptors (Lipinski definition) is 4. The van der Waals surface area contributed by atoms with E-state index in [0.717, 1.165) is 18.0 Å². The van der Waals surface area contributed by atoms with Gasteiger partial charge in [0.05, 0.1) is 16.5 Å². The Bertz CT molecular complexity index is 626. The summed E-state index contributed by atoms with van der Waals surface area (Å²) in [5, 5.41) is 12.1. The van der Waals surface area contributed by atoms with Gasteiger partial charge in [0.25, 0.3) is 0 Å². The molecule has 1 fully saturated rings. The zero-order valence-electron chi connectivity index (χ0n) is 10.6. The summed E-state index contributed by atoms with van der Waals surface area (Å²) < 4.78 is 2.04. The zero-order chi connectivity index (χ0) is 13.9. The molecule has 0 atom stereocenters. The van der Waals surface area contributed by atoms with Gasteiger partial charge in [-0.25, -0.2) is 0 Å². The molecule has 0 bridgehead atoms. The van der Waals surface area contributed by atoms with Crippen LogP contribution < -0.4 is 5.32 Å². The molecule has 3 rings (SSSR count). The number of carbonyl (C=O) groups excluding carboxylic acids is 1. The fraction of sp³-hybridized carbons (Fsp3) is 0.308. The van der Waals surface area contributed by atoms with Gasteiger partial charge >= 0.3 is 0 Å². The lowest BCUT2D eigenvalue weighted by Gasteiger charge is -2.07. The Morgan fingerprint density at radius 1 is 1.45 bits per heavy atom. The molecule has 2 aromatic rings. The van der Waals surface area contributed by atoms with E-state index in [1.54, 1.807) is 18.5 Å². The number of nitrogens with one attached hydrogen (secondary N) is 1. The number of hydrogen-bond donors (Lipinski definition) is 1. The number of carbonyl (C=O) groups is 1. The number of benzene rings is 1. The fourth-order valence-corrected chi connectivity index (χ4v) is 2.78. The van der Waals surface area contributed by atoms with Crippen molar-refractivity contribution >= 4 is 35.0 Å². The second-order valence-electron chi connectivity index (χ2n) is 4.57. The molecule has 104 valence electrons. The first-order chi connectivity index (χ1) is 9.74. The van der Waals surface area contributed by atoms with Gasteiger partial charge in [-0.3, -0.25) is 4.79 Å². The standard InChI is InChI=1S/C13H13ClN4OS/c14-10-3-1-2-4-11(10)16-12(19)7-20-13-17-15-8-18(13)9-5-6-9/h1-4,8-9H,5-7H2,(H,16,19). The highest BCUT2D eigenvalue weighted by atomic mass is 35.5. The second kappa shape index (κ2) is 5.85. The molecule has 7 heteroatoms. The molecule has 1 amide bonds. The van der Waals surface area contributed by atoms with E-state index in [1.807, 2.05) is 16.7 Å². The summed E-state index contributed by atoms with van der Waals surface area (Å²) in [6, 6.07) is 7.69. The summed E-state index contributed by atoms with van der Waals surface area (Å²) in [7, 11) is 0. The largest absolute Gasteiger partial charge is 0.324 e. The highest BCUT2D eigenvalue weighted by Crippen LogP contribution is 2.37. The molecule has 20 heavy (non-hydrogen) atoms. The van der Waals surface area contributed by atoms with E-state index in [9.17, 15) is 4.79 Å². The van der Waals surface area contributed by atoms with E-state index in [2.05, 4.69) is 15.5 Å². The first-order valence-corrected chi connectivity index (χ1v) is 7.67. The molecule has 1 aromatic heterocycles. The fourth-order valence-electron chi connectivity index (χ4n) is 1.82. The van der Waals surface area contributed by atoms with Crippen LogP contribution in [0.5, 0.6) is 0 Å². The molecule has 1 N–H and O–H groups in total. The first-order valence-electron chi connectivity index (χ1n) is 6.31. The minimum Gasteiger partial charge on any atom is -0.324 e. The van der Waals surface area contributed by atoms with E-state index in [0.29, 0.717) is 16.8 Å². The van der Waals surface area contributed by atoms with Crippen molar-refractivity contribution in [2.75, 3.05) is 11.1 Å². The number of para-hydroxylation sites is 1. The number of rotatable bonds is 5. The van der Waals surface area contributed by atoms with Crippen molar-refractivity contribution in [3.05, 3.63) is 35.6 Å². The van der Waals surface area contributed by atoms with Crippen LogP contribution in [0.3, 0.4) is 0 Å². The van der Waals surface area contributed by atoms with E-state index < -0.39 is 0 Å². The average molecular weight is 309 g/mol. The SMILES string of the molecule is O=C(CSc1nncn1C1CC1)Nc1ccccc1Cl. The van der Waals surface area contributed by atoms with Gasteiger partial charge < -0.3 is 9.88 Å². The molecular weight excluding hydrogens is 296 g/mol. The number of halogens is 1. The monoisotopic (exact) mass is 308 g/mol. The van der Waals surface area contributed by atoms with Crippen molar-refractivity contribution < 1.29 is 4.79 Å². The second-order valence-corrected chi connectivity index (χ2v) is 5.92. The number of thioether (sulfide) groups is 1. The number of nitrogens with zero attached hydrogens (tertiary/aromatic N) is 3. The third-order valence-electron chi connectivity index (χ3n) is 2.96. The van der Waals surface area contributed by atoms with Crippen LogP contribution in [-0.2, 0) is 4.79 Å². The van der Waals surface area contributed by atoms with Crippen LogP contribution >= 0.6 is 23.4 Å². The first kappa shape index (κ1) is 13.5. The zero-order valence-corrected chi connectivity index (χ0v) is 12.2. The summed E-state index contributed by atoms with van der Waals surface area (Å²) in [5.74, 6) is 0.185. The maximum absolute atomic E-state index is 11.9. The molecule has 1 aliphatic rings. The summed E-state index contributed by atoms with van der Waals surface area (Å²) in [6.07, 6.45) is 4.06. The Labute approximate surface area is 125 Å². The van der Waals surface area contributed by atoms with Gasteiger partial charge in [0, 0.05) is 6.04 Å². The number of amides is 1. The van der Waals surface area contributed by atoms with Gasteiger partial charge in [-0.15, -0.1) is 10.2 Å². The third-order valence-corrected chi connectivity index (χ3v) is 4.25. The van der Waals surface area contributed by atoms with E-state index in [-0.39, 0.29) is 11.7 Å². The van der Waals surface area contributed by atoms with Crippen LogP contribution in [0, 0.1) is 0 Å². The topological polar surface area (TPSA) is 59.8 Å². The Balaban J connectivity index is 1.57. The highest BCUT2D eigenvalue weighted by Gasteiger charge is 2.26. The summed E-state index contributed by atoms with van der Waals surface area (Å²) in [4.78, 5) is 11.9. The van der Waals surface area contributed by atoms with Gasteiger partial charge in [-0.1, -0.05) is 35.5 Å². The summed E-state index contributed by atoms with van der Waals surface area (Å²) in [5.41, 5.74) is 0.628. The van der Waals surface area contributed by atoms with Crippen molar-refractivity contribution in [2.45, 2.75) is 24.0 Å². The quantitative estimate of drug-likeness (QED) is 0.863. The molecule has 5 nitrogen and oxygen atoms in total. The molecule has 1 saturated carbocycles. The molecule has 1 aromatic carbocycles. The van der Waals surface area contributed by atoms with Gasteiger partial charge in [-0.2, -0.15) is 0 Å². The summed E-state index contributed by atoms with van der Waals surface area (Å²) >= 11 is 7.38. The van der Waals surface area contributed by atoms with Crippen LogP contribution in [-0.4, -0.2) is 26.4 Å². The van der Waals surface area contributed by atoms with Gasteiger partial charge in [0.1, 0.15) is 6.33 Å². The minimum atomic E-state index is -0.103. The molecule has 0 saturated heterocycles.